The van der Waals surface area contributed by atoms with E-state index in [0.29, 0.717) is 19.6 Å². The summed E-state index contributed by atoms with van der Waals surface area (Å²) in [5.74, 6) is 0.0748. The van der Waals surface area contributed by atoms with Crippen LogP contribution in [-0.4, -0.2) is 81.3 Å². The van der Waals surface area contributed by atoms with Gasteiger partial charge in [-0.25, -0.2) is 4.79 Å². The van der Waals surface area contributed by atoms with Gasteiger partial charge < -0.3 is 19.5 Å². The molecule has 0 bridgehead atoms. The minimum absolute atomic E-state index is 0.0311. The van der Waals surface area contributed by atoms with Gasteiger partial charge in [-0.1, -0.05) is 30.3 Å². The number of carboxylic acid groups (broad SMARTS) is 1. The predicted molar refractivity (Wildman–Crippen MR) is 125 cm³/mol. The van der Waals surface area contributed by atoms with Gasteiger partial charge in [0.1, 0.15) is 12.1 Å². The molecule has 1 amide bonds. The minimum Gasteiger partial charge on any atom is -0.480 e. The number of hydrogen-bond donors (Lipinski definition) is 2. The Labute approximate surface area is 196 Å². The number of amides is 1. The summed E-state index contributed by atoms with van der Waals surface area (Å²) in [5, 5.41) is 12.7. The summed E-state index contributed by atoms with van der Waals surface area (Å²) in [7, 11) is 0. The SMILES string of the molecule is CCOC(=O)C(COCc1ccccc1)N[C@@H](C)C(=O)N1CC2(C[C@H]1C(=O)O)SCCS2. The summed E-state index contributed by atoms with van der Waals surface area (Å²) in [6, 6.07) is 7.10. The molecular formula is C22H30N2O6S2. The number of carbonyl (C=O) groups excluding carboxylic acids is 2. The van der Waals surface area contributed by atoms with E-state index in [9.17, 15) is 19.5 Å². The van der Waals surface area contributed by atoms with Crippen LogP contribution in [0.25, 0.3) is 0 Å². The third kappa shape index (κ3) is 6.18. The van der Waals surface area contributed by atoms with Gasteiger partial charge in [0.25, 0.3) is 0 Å². The van der Waals surface area contributed by atoms with Crippen molar-refractivity contribution in [2.45, 2.75) is 49.1 Å². The Kier molecular flexibility index (Phi) is 8.87. The van der Waals surface area contributed by atoms with Crippen LogP contribution in [0, 0.1) is 0 Å². The largest absolute Gasteiger partial charge is 0.480 e. The molecule has 1 spiro atoms. The lowest BCUT2D eigenvalue weighted by atomic mass is 10.2. The summed E-state index contributed by atoms with van der Waals surface area (Å²) < 4.78 is 10.6. The first-order valence-electron chi connectivity index (χ1n) is 10.7. The molecule has 8 nitrogen and oxygen atoms in total. The van der Waals surface area contributed by atoms with Crippen LogP contribution in [0.3, 0.4) is 0 Å². The van der Waals surface area contributed by atoms with Crippen LogP contribution >= 0.6 is 23.5 Å². The summed E-state index contributed by atoms with van der Waals surface area (Å²) in [4.78, 5) is 38.9. The molecule has 1 aromatic rings. The quantitative estimate of drug-likeness (QED) is 0.484. The number of rotatable bonds is 10. The zero-order chi connectivity index (χ0) is 23.1. The van der Waals surface area contributed by atoms with Crippen molar-refractivity contribution in [1.29, 1.82) is 0 Å². The predicted octanol–water partition coefficient (Wildman–Crippen LogP) is 1.97. The number of ether oxygens (including phenoxy) is 2. The molecule has 0 saturated carbocycles. The highest BCUT2D eigenvalue weighted by Gasteiger charge is 2.52. The van der Waals surface area contributed by atoms with Gasteiger partial charge in [0.2, 0.25) is 5.91 Å². The van der Waals surface area contributed by atoms with Crippen LogP contribution < -0.4 is 5.32 Å². The summed E-state index contributed by atoms with van der Waals surface area (Å²) >= 11 is 3.46. The number of nitrogens with one attached hydrogen (secondary N) is 1. The van der Waals surface area contributed by atoms with Crippen molar-refractivity contribution < 1.29 is 29.0 Å². The first kappa shape index (κ1) is 24.9. The fourth-order valence-corrected chi connectivity index (χ4v) is 7.17. The topological polar surface area (TPSA) is 105 Å². The smallest absolute Gasteiger partial charge is 0.326 e. The Hall–Kier alpha value is -1.75. The van der Waals surface area contributed by atoms with Gasteiger partial charge in [-0.05, 0) is 19.4 Å². The highest BCUT2D eigenvalue weighted by atomic mass is 32.2. The molecule has 0 aromatic heterocycles. The second kappa shape index (κ2) is 11.4. The van der Waals surface area contributed by atoms with E-state index < -0.39 is 30.1 Å². The lowest BCUT2D eigenvalue weighted by Crippen LogP contribution is -2.54. The van der Waals surface area contributed by atoms with Gasteiger partial charge in [0, 0.05) is 24.5 Å². The maximum absolute atomic E-state index is 13.2. The van der Waals surface area contributed by atoms with Crippen molar-refractivity contribution in [3.8, 4) is 0 Å². The van der Waals surface area contributed by atoms with E-state index in [-0.39, 0.29) is 23.2 Å². The number of thioether (sulfide) groups is 2. The van der Waals surface area contributed by atoms with Gasteiger partial charge in [0.15, 0.2) is 0 Å². The molecule has 2 fully saturated rings. The first-order chi connectivity index (χ1) is 15.3. The van der Waals surface area contributed by atoms with Crippen molar-refractivity contribution in [3.63, 3.8) is 0 Å². The number of hydrogen-bond acceptors (Lipinski definition) is 8. The summed E-state index contributed by atoms with van der Waals surface area (Å²) in [6.45, 7) is 4.31. The summed E-state index contributed by atoms with van der Waals surface area (Å²) in [6.07, 6.45) is 0.428. The van der Waals surface area contributed by atoms with Gasteiger partial charge in [0.05, 0.1) is 29.9 Å². The van der Waals surface area contributed by atoms with E-state index in [1.165, 1.54) is 4.90 Å². The monoisotopic (exact) mass is 482 g/mol. The van der Waals surface area contributed by atoms with E-state index in [2.05, 4.69) is 5.32 Å². The molecule has 10 heteroatoms. The fraction of sp³-hybridized carbons (Fsp3) is 0.591. The third-order valence-corrected chi connectivity index (χ3v) is 8.89. The molecule has 2 aliphatic rings. The number of carbonyl (C=O) groups is 3. The molecule has 2 saturated heterocycles. The lowest BCUT2D eigenvalue weighted by molar-refractivity contribution is -0.151. The molecule has 0 aliphatic carbocycles. The second-order valence-corrected chi connectivity index (χ2v) is 11.0. The van der Waals surface area contributed by atoms with E-state index in [0.717, 1.165) is 17.1 Å². The van der Waals surface area contributed by atoms with Crippen molar-refractivity contribution in [3.05, 3.63) is 35.9 Å². The molecule has 2 aliphatic heterocycles. The van der Waals surface area contributed by atoms with Gasteiger partial charge in [-0.3, -0.25) is 14.9 Å². The molecule has 1 aromatic carbocycles. The van der Waals surface area contributed by atoms with E-state index in [4.69, 9.17) is 9.47 Å². The Morgan fingerprint density at radius 1 is 1.25 bits per heavy atom. The fourth-order valence-electron chi connectivity index (χ4n) is 3.92. The standard InChI is InChI=1S/C22H30N2O6S2/c1-3-30-21(28)17(13-29-12-16-7-5-4-6-8-16)23-15(2)19(25)24-14-22(31-9-10-32-22)11-18(24)20(26)27/h4-8,15,17-18,23H,3,9-14H2,1-2H3,(H,26,27)/t15-,17?,18-/m0/s1. The Bertz CT molecular complexity index is 803. The maximum atomic E-state index is 13.2. The highest BCUT2D eigenvalue weighted by molar-refractivity contribution is 8.21. The molecule has 32 heavy (non-hydrogen) atoms. The first-order valence-corrected chi connectivity index (χ1v) is 12.7. The average molecular weight is 483 g/mol. The van der Waals surface area contributed by atoms with Gasteiger partial charge in [-0.15, -0.1) is 23.5 Å². The molecular weight excluding hydrogens is 452 g/mol. The maximum Gasteiger partial charge on any atom is 0.326 e. The van der Waals surface area contributed by atoms with Crippen molar-refractivity contribution >= 4 is 41.4 Å². The normalized spacial score (nSPS) is 21.4. The molecule has 176 valence electrons. The van der Waals surface area contributed by atoms with Crippen molar-refractivity contribution in [1.82, 2.24) is 10.2 Å². The number of likely N-dealkylation sites (tertiary alicyclic amines) is 1. The lowest BCUT2D eigenvalue weighted by Gasteiger charge is -2.28. The van der Waals surface area contributed by atoms with Gasteiger partial charge in [-0.2, -0.15) is 0 Å². The van der Waals surface area contributed by atoms with Gasteiger partial charge >= 0.3 is 11.9 Å². The number of carboxylic acids is 1. The van der Waals surface area contributed by atoms with Crippen LogP contribution in [0.5, 0.6) is 0 Å². The molecule has 3 atom stereocenters. The number of nitrogens with zero attached hydrogens (tertiary/aromatic N) is 1. The van der Waals surface area contributed by atoms with Crippen LogP contribution in [0.15, 0.2) is 30.3 Å². The molecule has 0 radical (unpaired) electrons. The van der Waals surface area contributed by atoms with E-state index >= 15 is 0 Å². The highest BCUT2D eigenvalue weighted by Crippen LogP contribution is 2.51. The van der Waals surface area contributed by atoms with Crippen LogP contribution in [0.2, 0.25) is 0 Å². The second-order valence-electron chi connectivity index (χ2n) is 7.83. The number of aliphatic carboxylic acids is 1. The Balaban J connectivity index is 1.63. The van der Waals surface area contributed by atoms with E-state index in [1.807, 2.05) is 30.3 Å². The van der Waals surface area contributed by atoms with Crippen molar-refractivity contribution in [2.75, 3.05) is 31.3 Å². The number of esters is 1. The van der Waals surface area contributed by atoms with Crippen molar-refractivity contribution in [2.24, 2.45) is 0 Å². The molecule has 1 unspecified atom stereocenters. The van der Waals surface area contributed by atoms with E-state index in [1.54, 1.807) is 37.4 Å². The third-order valence-electron chi connectivity index (χ3n) is 5.46. The van der Waals surface area contributed by atoms with Crippen LogP contribution in [-0.2, 0) is 30.5 Å². The Morgan fingerprint density at radius 3 is 2.56 bits per heavy atom. The van der Waals surface area contributed by atoms with Crippen LogP contribution in [0.1, 0.15) is 25.8 Å². The summed E-state index contributed by atoms with van der Waals surface area (Å²) in [5.41, 5.74) is 0.970. The zero-order valence-corrected chi connectivity index (χ0v) is 20.0. The zero-order valence-electron chi connectivity index (χ0n) is 18.3. The Morgan fingerprint density at radius 2 is 1.94 bits per heavy atom. The molecule has 3 rings (SSSR count). The molecule has 2 heterocycles. The minimum atomic E-state index is -0.997. The molecule has 2 N–H and O–H groups in total. The van der Waals surface area contributed by atoms with Crippen LogP contribution in [0.4, 0.5) is 0 Å². The number of benzene rings is 1. The average Bonchev–Trinajstić information content (AvgIpc) is 3.40.